The number of nitrogens with zero attached hydrogens (tertiary/aromatic N) is 1. The van der Waals surface area contributed by atoms with E-state index in [9.17, 15) is 0 Å². The molecule has 0 saturated heterocycles. The van der Waals surface area contributed by atoms with Crippen LogP contribution >= 0.6 is 0 Å². The minimum absolute atomic E-state index is 0.612. The third-order valence-electron chi connectivity index (χ3n) is 1.70. The Bertz CT molecular complexity index is 314. The Hall–Kier alpha value is -1.57. The summed E-state index contributed by atoms with van der Waals surface area (Å²) >= 11 is 0. The van der Waals surface area contributed by atoms with Gasteiger partial charge in [0, 0.05) is 6.42 Å². The maximum Gasteiger partial charge on any atom is 0.0907 e. The SMILES string of the molecule is C=C(C)C/C(=N/O)c1ccccc1. The Kier molecular flexibility index (Phi) is 3.26. The molecule has 2 heteroatoms. The van der Waals surface area contributed by atoms with Gasteiger partial charge < -0.3 is 5.21 Å². The second-order valence-corrected chi connectivity index (χ2v) is 3.05. The van der Waals surface area contributed by atoms with Crippen molar-refractivity contribution in [3.63, 3.8) is 0 Å². The Labute approximate surface area is 78.2 Å². The Morgan fingerprint density at radius 1 is 1.38 bits per heavy atom. The largest absolute Gasteiger partial charge is 0.411 e. The molecule has 0 atom stereocenters. The van der Waals surface area contributed by atoms with E-state index in [0.717, 1.165) is 11.1 Å². The summed E-state index contributed by atoms with van der Waals surface area (Å²) in [4.78, 5) is 0. The standard InChI is InChI=1S/C11H13NO/c1-9(2)8-11(12-13)10-6-4-3-5-7-10/h3-7,13H,1,8H2,2H3/b12-11-. The van der Waals surface area contributed by atoms with Gasteiger partial charge in [0.15, 0.2) is 0 Å². The van der Waals surface area contributed by atoms with Crippen molar-refractivity contribution < 1.29 is 5.21 Å². The summed E-state index contributed by atoms with van der Waals surface area (Å²) in [7, 11) is 0. The first-order valence-electron chi connectivity index (χ1n) is 4.14. The molecule has 0 bridgehead atoms. The van der Waals surface area contributed by atoms with Crippen LogP contribution in [0, 0.1) is 0 Å². The van der Waals surface area contributed by atoms with Crippen molar-refractivity contribution in [3.05, 3.63) is 48.0 Å². The molecular formula is C11H13NO. The smallest absolute Gasteiger partial charge is 0.0907 e. The van der Waals surface area contributed by atoms with Crippen LogP contribution in [0.1, 0.15) is 18.9 Å². The second-order valence-electron chi connectivity index (χ2n) is 3.05. The number of allylic oxidation sites excluding steroid dienone is 1. The van der Waals surface area contributed by atoms with Crippen molar-refractivity contribution in [2.24, 2.45) is 5.16 Å². The average molecular weight is 175 g/mol. The molecule has 2 nitrogen and oxygen atoms in total. The van der Waals surface area contributed by atoms with E-state index in [1.165, 1.54) is 0 Å². The number of oxime groups is 1. The molecule has 0 aromatic heterocycles. The van der Waals surface area contributed by atoms with Gasteiger partial charge in [-0.1, -0.05) is 47.6 Å². The van der Waals surface area contributed by atoms with Crippen LogP contribution < -0.4 is 0 Å². The minimum atomic E-state index is 0.612. The molecule has 0 aliphatic carbocycles. The lowest BCUT2D eigenvalue weighted by Gasteiger charge is -2.02. The molecule has 68 valence electrons. The minimum Gasteiger partial charge on any atom is -0.411 e. The Morgan fingerprint density at radius 3 is 2.46 bits per heavy atom. The van der Waals surface area contributed by atoms with Gasteiger partial charge in [0.2, 0.25) is 0 Å². The Balaban J connectivity index is 2.86. The van der Waals surface area contributed by atoms with E-state index >= 15 is 0 Å². The van der Waals surface area contributed by atoms with Gasteiger partial charge in [-0.2, -0.15) is 0 Å². The fraction of sp³-hybridized carbons (Fsp3) is 0.182. The van der Waals surface area contributed by atoms with Crippen molar-refractivity contribution in [1.29, 1.82) is 0 Å². The van der Waals surface area contributed by atoms with E-state index in [1.807, 2.05) is 37.3 Å². The van der Waals surface area contributed by atoms with Crippen LogP contribution in [0.15, 0.2) is 47.6 Å². The molecule has 0 spiro atoms. The van der Waals surface area contributed by atoms with Crippen LogP contribution in [0.3, 0.4) is 0 Å². The fourth-order valence-electron chi connectivity index (χ4n) is 1.11. The molecule has 0 aliphatic heterocycles. The predicted octanol–water partition coefficient (Wildman–Crippen LogP) is 2.83. The lowest BCUT2D eigenvalue weighted by atomic mass is 10.0. The number of hydrogen-bond acceptors (Lipinski definition) is 2. The first kappa shape index (κ1) is 9.52. The monoisotopic (exact) mass is 175 g/mol. The lowest BCUT2D eigenvalue weighted by Crippen LogP contribution is -2.00. The van der Waals surface area contributed by atoms with Crippen LogP contribution in [0.2, 0.25) is 0 Å². The van der Waals surface area contributed by atoms with Crippen LogP contribution in [0.4, 0.5) is 0 Å². The maximum atomic E-state index is 8.78. The topological polar surface area (TPSA) is 32.6 Å². The van der Waals surface area contributed by atoms with E-state index in [0.29, 0.717) is 12.1 Å². The molecule has 0 amide bonds. The molecule has 1 aromatic rings. The van der Waals surface area contributed by atoms with Crippen molar-refractivity contribution in [2.45, 2.75) is 13.3 Å². The van der Waals surface area contributed by atoms with Gasteiger partial charge in [-0.3, -0.25) is 0 Å². The molecule has 0 saturated carbocycles. The van der Waals surface area contributed by atoms with Crippen LogP contribution in [0.5, 0.6) is 0 Å². The molecule has 1 N–H and O–H groups in total. The van der Waals surface area contributed by atoms with Crippen LogP contribution in [0.25, 0.3) is 0 Å². The first-order valence-corrected chi connectivity index (χ1v) is 4.14. The molecule has 0 aliphatic rings. The van der Waals surface area contributed by atoms with Crippen molar-refractivity contribution in [2.75, 3.05) is 0 Å². The van der Waals surface area contributed by atoms with Crippen molar-refractivity contribution in [1.82, 2.24) is 0 Å². The van der Waals surface area contributed by atoms with Crippen LogP contribution in [-0.2, 0) is 0 Å². The van der Waals surface area contributed by atoms with Gasteiger partial charge in [0.25, 0.3) is 0 Å². The van der Waals surface area contributed by atoms with Crippen molar-refractivity contribution >= 4 is 5.71 Å². The van der Waals surface area contributed by atoms with Gasteiger partial charge in [-0.25, -0.2) is 0 Å². The molecule has 1 rings (SSSR count). The summed E-state index contributed by atoms with van der Waals surface area (Å²) in [6.07, 6.45) is 0.612. The van der Waals surface area contributed by atoms with Gasteiger partial charge >= 0.3 is 0 Å². The Morgan fingerprint density at radius 2 is 2.00 bits per heavy atom. The summed E-state index contributed by atoms with van der Waals surface area (Å²) in [6.45, 7) is 5.69. The van der Waals surface area contributed by atoms with E-state index in [1.54, 1.807) is 0 Å². The first-order chi connectivity index (χ1) is 6.24. The third kappa shape index (κ3) is 2.75. The summed E-state index contributed by atoms with van der Waals surface area (Å²) in [6, 6.07) is 9.59. The zero-order chi connectivity index (χ0) is 9.68. The summed E-state index contributed by atoms with van der Waals surface area (Å²) in [5.41, 5.74) is 2.58. The summed E-state index contributed by atoms with van der Waals surface area (Å²) < 4.78 is 0. The van der Waals surface area contributed by atoms with Gasteiger partial charge in [-0.15, -0.1) is 0 Å². The summed E-state index contributed by atoms with van der Waals surface area (Å²) in [5.74, 6) is 0. The van der Waals surface area contributed by atoms with Crippen molar-refractivity contribution in [3.8, 4) is 0 Å². The molecule has 0 heterocycles. The van der Waals surface area contributed by atoms with E-state index in [2.05, 4.69) is 11.7 Å². The zero-order valence-corrected chi connectivity index (χ0v) is 7.70. The van der Waals surface area contributed by atoms with Gasteiger partial charge in [0.05, 0.1) is 5.71 Å². The van der Waals surface area contributed by atoms with E-state index in [-0.39, 0.29) is 0 Å². The average Bonchev–Trinajstić information content (AvgIpc) is 2.15. The fourth-order valence-corrected chi connectivity index (χ4v) is 1.11. The highest BCUT2D eigenvalue weighted by atomic mass is 16.4. The molecule has 1 aromatic carbocycles. The van der Waals surface area contributed by atoms with Gasteiger partial charge in [-0.05, 0) is 12.5 Å². The molecule has 0 radical (unpaired) electrons. The highest BCUT2D eigenvalue weighted by Crippen LogP contribution is 2.08. The van der Waals surface area contributed by atoms with Gasteiger partial charge in [0.1, 0.15) is 0 Å². The molecular weight excluding hydrogens is 162 g/mol. The zero-order valence-electron chi connectivity index (χ0n) is 7.70. The third-order valence-corrected chi connectivity index (χ3v) is 1.70. The highest BCUT2D eigenvalue weighted by Gasteiger charge is 2.02. The normalized spacial score (nSPS) is 11.3. The highest BCUT2D eigenvalue weighted by molar-refractivity contribution is 6.01. The maximum absolute atomic E-state index is 8.78. The van der Waals surface area contributed by atoms with E-state index in [4.69, 9.17) is 5.21 Å². The molecule has 13 heavy (non-hydrogen) atoms. The second kappa shape index (κ2) is 4.45. The molecule has 0 fully saturated rings. The summed E-state index contributed by atoms with van der Waals surface area (Å²) in [5, 5.41) is 12.0. The molecule has 0 unspecified atom stereocenters. The number of hydrogen-bond donors (Lipinski definition) is 1. The van der Waals surface area contributed by atoms with Crippen LogP contribution in [-0.4, -0.2) is 10.9 Å². The lowest BCUT2D eigenvalue weighted by molar-refractivity contribution is 0.318. The quantitative estimate of drug-likeness (QED) is 0.326. The predicted molar refractivity (Wildman–Crippen MR) is 54.2 cm³/mol. The number of benzene rings is 1. The van der Waals surface area contributed by atoms with E-state index < -0.39 is 0 Å². The number of rotatable bonds is 3.